The van der Waals surface area contributed by atoms with Crippen LogP contribution in [0.3, 0.4) is 0 Å². The first-order chi connectivity index (χ1) is 7.27. The van der Waals surface area contributed by atoms with Gasteiger partial charge in [-0.25, -0.2) is 4.98 Å². The molecule has 1 aromatic heterocycles. The summed E-state index contributed by atoms with van der Waals surface area (Å²) < 4.78 is 0. The van der Waals surface area contributed by atoms with E-state index in [4.69, 9.17) is 18.0 Å². The molecule has 0 bridgehead atoms. The van der Waals surface area contributed by atoms with Crippen molar-refractivity contribution in [1.82, 2.24) is 4.98 Å². The SMILES string of the molecule is NC(=S)c1csc(N2CCCCCC2)n1. The van der Waals surface area contributed by atoms with Crippen LogP contribution in [-0.4, -0.2) is 23.1 Å². The molecular weight excluding hydrogens is 226 g/mol. The number of thiazole rings is 1. The van der Waals surface area contributed by atoms with Crippen LogP contribution >= 0.6 is 23.6 Å². The standard InChI is InChI=1S/C10H15N3S2/c11-9(14)8-7-15-10(12-8)13-5-3-1-2-4-6-13/h7H,1-6H2,(H2,11,14). The van der Waals surface area contributed by atoms with E-state index in [2.05, 4.69) is 9.88 Å². The summed E-state index contributed by atoms with van der Waals surface area (Å²) in [5.41, 5.74) is 6.30. The van der Waals surface area contributed by atoms with Crippen LogP contribution in [0.1, 0.15) is 31.4 Å². The van der Waals surface area contributed by atoms with Crippen molar-refractivity contribution >= 4 is 33.7 Å². The summed E-state index contributed by atoms with van der Waals surface area (Å²) in [5.74, 6) is 0. The van der Waals surface area contributed by atoms with Gasteiger partial charge in [0.25, 0.3) is 0 Å². The molecule has 2 rings (SSSR count). The summed E-state index contributed by atoms with van der Waals surface area (Å²) in [6, 6.07) is 0. The highest BCUT2D eigenvalue weighted by atomic mass is 32.1. The molecule has 0 saturated carbocycles. The Morgan fingerprint density at radius 3 is 2.53 bits per heavy atom. The molecule has 0 atom stereocenters. The molecule has 0 unspecified atom stereocenters. The summed E-state index contributed by atoms with van der Waals surface area (Å²) in [5, 5.41) is 3.02. The van der Waals surface area contributed by atoms with E-state index in [9.17, 15) is 0 Å². The fraction of sp³-hybridized carbons (Fsp3) is 0.600. The lowest BCUT2D eigenvalue weighted by Crippen LogP contribution is -2.24. The average molecular weight is 241 g/mol. The lowest BCUT2D eigenvalue weighted by atomic mass is 10.2. The highest BCUT2D eigenvalue weighted by Crippen LogP contribution is 2.23. The van der Waals surface area contributed by atoms with Crippen LogP contribution in [0.25, 0.3) is 0 Å². The smallest absolute Gasteiger partial charge is 0.185 e. The third-order valence-electron chi connectivity index (χ3n) is 2.62. The van der Waals surface area contributed by atoms with E-state index in [1.165, 1.54) is 25.7 Å². The summed E-state index contributed by atoms with van der Waals surface area (Å²) in [6.45, 7) is 2.23. The molecule has 1 aromatic rings. The zero-order valence-electron chi connectivity index (χ0n) is 8.61. The van der Waals surface area contributed by atoms with E-state index in [0.29, 0.717) is 4.99 Å². The minimum Gasteiger partial charge on any atom is -0.388 e. The van der Waals surface area contributed by atoms with E-state index in [-0.39, 0.29) is 0 Å². The van der Waals surface area contributed by atoms with Crippen LogP contribution < -0.4 is 10.6 Å². The molecule has 0 spiro atoms. The van der Waals surface area contributed by atoms with E-state index in [1.807, 2.05) is 5.38 Å². The number of nitrogens with two attached hydrogens (primary N) is 1. The molecule has 3 nitrogen and oxygen atoms in total. The summed E-state index contributed by atoms with van der Waals surface area (Å²) in [7, 11) is 0. The van der Waals surface area contributed by atoms with Crippen LogP contribution in [0.15, 0.2) is 5.38 Å². The first kappa shape index (κ1) is 10.8. The third kappa shape index (κ3) is 2.66. The van der Waals surface area contributed by atoms with Crippen LogP contribution in [0.5, 0.6) is 0 Å². The predicted octanol–water partition coefficient (Wildman–Crippen LogP) is 2.16. The van der Waals surface area contributed by atoms with Gasteiger partial charge in [-0.05, 0) is 12.8 Å². The molecule has 5 heteroatoms. The Labute approximate surface area is 99.3 Å². The van der Waals surface area contributed by atoms with Gasteiger partial charge in [0.1, 0.15) is 10.7 Å². The Kier molecular flexibility index (Phi) is 3.53. The Morgan fingerprint density at radius 2 is 2.00 bits per heavy atom. The number of anilines is 1. The van der Waals surface area contributed by atoms with Crippen LogP contribution in [-0.2, 0) is 0 Å². The zero-order chi connectivity index (χ0) is 10.7. The number of thiocarbonyl (C=S) groups is 1. The first-order valence-corrected chi connectivity index (χ1v) is 6.56. The third-order valence-corrected chi connectivity index (χ3v) is 3.73. The summed E-state index contributed by atoms with van der Waals surface area (Å²) in [6.07, 6.45) is 5.21. The van der Waals surface area contributed by atoms with Crippen molar-refractivity contribution in [3.8, 4) is 0 Å². The van der Waals surface area contributed by atoms with Crippen LogP contribution in [0, 0.1) is 0 Å². The molecule has 1 fully saturated rings. The minimum absolute atomic E-state index is 0.396. The molecule has 2 N–H and O–H groups in total. The molecule has 82 valence electrons. The highest BCUT2D eigenvalue weighted by molar-refractivity contribution is 7.80. The van der Waals surface area contributed by atoms with Gasteiger partial charge in [0.05, 0.1) is 0 Å². The van der Waals surface area contributed by atoms with Crippen molar-refractivity contribution in [3.63, 3.8) is 0 Å². The second-order valence-electron chi connectivity index (χ2n) is 3.78. The van der Waals surface area contributed by atoms with Gasteiger partial charge in [-0.2, -0.15) is 0 Å². The Hall–Kier alpha value is -0.680. The van der Waals surface area contributed by atoms with Crippen molar-refractivity contribution in [3.05, 3.63) is 11.1 Å². The van der Waals surface area contributed by atoms with E-state index >= 15 is 0 Å². The highest BCUT2D eigenvalue weighted by Gasteiger charge is 2.13. The Balaban J connectivity index is 2.10. The van der Waals surface area contributed by atoms with E-state index in [0.717, 1.165) is 23.9 Å². The van der Waals surface area contributed by atoms with Crippen molar-refractivity contribution in [1.29, 1.82) is 0 Å². The van der Waals surface area contributed by atoms with Gasteiger partial charge in [-0.3, -0.25) is 0 Å². The van der Waals surface area contributed by atoms with Gasteiger partial charge in [-0.1, -0.05) is 25.1 Å². The minimum atomic E-state index is 0.396. The molecule has 1 saturated heterocycles. The molecule has 0 radical (unpaired) electrons. The lowest BCUT2D eigenvalue weighted by Gasteiger charge is -2.18. The van der Waals surface area contributed by atoms with Crippen LogP contribution in [0.4, 0.5) is 5.13 Å². The van der Waals surface area contributed by atoms with E-state index < -0.39 is 0 Å². The number of rotatable bonds is 2. The Bertz CT molecular complexity index is 340. The molecule has 2 heterocycles. The number of nitrogens with zero attached hydrogens (tertiary/aromatic N) is 2. The van der Waals surface area contributed by atoms with Gasteiger partial charge in [0, 0.05) is 18.5 Å². The first-order valence-electron chi connectivity index (χ1n) is 5.27. The Morgan fingerprint density at radius 1 is 1.33 bits per heavy atom. The molecule has 1 aliphatic heterocycles. The topological polar surface area (TPSA) is 42.1 Å². The molecular formula is C10H15N3S2. The van der Waals surface area contributed by atoms with Gasteiger partial charge >= 0.3 is 0 Å². The maximum atomic E-state index is 5.54. The van der Waals surface area contributed by atoms with Gasteiger partial charge < -0.3 is 10.6 Å². The van der Waals surface area contributed by atoms with Crippen molar-refractivity contribution in [2.45, 2.75) is 25.7 Å². The number of aromatic nitrogens is 1. The molecule has 0 amide bonds. The van der Waals surface area contributed by atoms with Gasteiger partial charge in [-0.15, -0.1) is 11.3 Å². The number of hydrogen-bond acceptors (Lipinski definition) is 4. The van der Waals surface area contributed by atoms with Gasteiger partial charge in [0.15, 0.2) is 5.13 Å². The predicted molar refractivity (Wildman–Crippen MR) is 68.7 cm³/mol. The fourth-order valence-electron chi connectivity index (χ4n) is 1.78. The molecule has 1 aliphatic rings. The van der Waals surface area contributed by atoms with Crippen molar-refractivity contribution < 1.29 is 0 Å². The number of hydrogen-bond donors (Lipinski definition) is 1. The monoisotopic (exact) mass is 241 g/mol. The second kappa shape index (κ2) is 4.90. The fourth-order valence-corrected chi connectivity index (χ4v) is 2.84. The molecule has 0 aliphatic carbocycles. The maximum absolute atomic E-state index is 5.54. The summed E-state index contributed by atoms with van der Waals surface area (Å²) in [4.78, 5) is 7.20. The van der Waals surface area contributed by atoms with E-state index in [1.54, 1.807) is 11.3 Å². The summed E-state index contributed by atoms with van der Waals surface area (Å²) >= 11 is 6.55. The lowest BCUT2D eigenvalue weighted by molar-refractivity contribution is 0.726. The second-order valence-corrected chi connectivity index (χ2v) is 5.06. The largest absolute Gasteiger partial charge is 0.388 e. The van der Waals surface area contributed by atoms with Crippen molar-refractivity contribution in [2.24, 2.45) is 5.73 Å². The van der Waals surface area contributed by atoms with Crippen molar-refractivity contribution in [2.75, 3.05) is 18.0 Å². The van der Waals surface area contributed by atoms with Crippen LogP contribution in [0.2, 0.25) is 0 Å². The van der Waals surface area contributed by atoms with Gasteiger partial charge in [0.2, 0.25) is 0 Å². The average Bonchev–Trinajstić information content (AvgIpc) is 2.55. The zero-order valence-corrected chi connectivity index (χ0v) is 10.2. The maximum Gasteiger partial charge on any atom is 0.185 e. The molecule has 15 heavy (non-hydrogen) atoms. The molecule has 0 aromatic carbocycles. The quantitative estimate of drug-likeness (QED) is 0.806. The normalized spacial score (nSPS) is 17.5.